The molecule has 180 valence electrons. The smallest absolute Gasteiger partial charge is 0.0695 e. The van der Waals surface area contributed by atoms with E-state index in [2.05, 4.69) is 27.7 Å². The van der Waals surface area contributed by atoms with Gasteiger partial charge in [-0.2, -0.15) is 0 Å². The van der Waals surface area contributed by atoms with E-state index in [1.807, 2.05) is 0 Å². The second-order valence-corrected chi connectivity index (χ2v) is 12.0. The average Bonchev–Trinajstić information content (AvgIpc) is 2.65. The average molecular weight is 439 g/mol. The predicted molar refractivity (Wildman–Crippen MR) is 121 cm³/mol. The van der Waals surface area contributed by atoms with E-state index in [0.717, 1.165) is 77.0 Å². The van der Waals surface area contributed by atoms with Gasteiger partial charge in [-0.25, -0.2) is 0 Å². The quantitative estimate of drug-likeness (QED) is 0.415. The van der Waals surface area contributed by atoms with E-state index < -0.39 is 0 Å². The molecule has 0 aromatic heterocycles. The molecule has 0 radical (unpaired) electrons. The standard InChI is InChI=1S/C26H46O5/c1-5-23(9-17(27)10-23)21(24(6-2)11-18(28)12-24)31-22(25(7-3)13-19(29)14-25)26(8-4)15-20(30)16-26/h17-22,27-30H,5-16H2,1-4H3. The fraction of sp³-hybridized carbons (Fsp3) is 1.00. The predicted octanol–water partition coefficient (Wildman–Crippen LogP) is 3.94. The summed E-state index contributed by atoms with van der Waals surface area (Å²) in [4.78, 5) is 0. The van der Waals surface area contributed by atoms with Crippen molar-refractivity contribution in [3.8, 4) is 0 Å². The first-order valence-electron chi connectivity index (χ1n) is 13.0. The Hall–Kier alpha value is -0.200. The van der Waals surface area contributed by atoms with Crippen LogP contribution < -0.4 is 0 Å². The molecule has 4 fully saturated rings. The van der Waals surface area contributed by atoms with E-state index >= 15 is 0 Å². The van der Waals surface area contributed by atoms with Crippen molar-refractivity contribution in [2.45, 2.75) is 141 Å². The maximum absolute atomic E-state index is 10.3. The van der Waals surface area contributed by atoms with Crippen molar-refractivity contribution in [3.05, 3.63) is 0 Å². The van der Waals surface area contributed by atoms with Crippen LogP contribution >= 0.6 is 0 Å². The summed E-state index contributed by atoms with van der Waals surface area (Å²) in [7, 11) is 0. The van der Waals surface area contributed by atoms with Crippen LogP contribution in [0.2, 0.25) is 0 Å². The van der Waals surface area contributed by atoms with Crippen molar-refractivity contribution in [1.29, 1.82) is 0 Å². The van der Waals surface area contributed by atoms with Crippen molar-refractivity contribution in [1.82, 2.24) is 0 Å². The minimum absolute atomic E-state index is 0.00846. The Balaban J connectivity index is 1.71. The van der Waals surface area contributed by atoms with Gasteiger partial charge in [0.05, 0.1) is 36.6 Å². The molecule has 0 saturated heterocycles. The van der Waals surface area contributed by atoms with Gasteiger partial charge in [-0.3, -0.25) is 0 Å². The molecule has 4 rings (SSSR count). The molecule has 5 nitrogen and oxygen atoms in total. The van der Waals surface area contributed by atoms with E-state index in [1.54, 1.807) is 0 Å². The third-order valence-corrected chi connectivity index (χ3v) is 10.5. The Morgan fingerprint density at radius 3 is 0.839 bits per heavy atom. The zero-order valence-corrected chi connectivity index (χ0v) is 20.1. The summed E-state index contributed by atoms with van der Waals surface area (Å²) in [5.74, 6) is 0. The number of hydrogen-bond acceptors (Lipinski definition) is 5. The Labute approximate surface area is 188 Å². The van der Waals surface area contributed by atoms with Crippen LogP contribution in [-0.4, -0.2) is 57.0 Å². The molecule has 4 aliphatic carbocycles. The molecule has 0 amide bonds. The number of aliphatic hydroxyl groups excluding tert-OH is 4. The van der Waals surface area contributed by atoms with Crippen LogP contribution in [0.1, 0.15) is 105 Å². The molecular formula is C26H46O5. The SMILES string of the molecule is CCC1(C(OC(C2(CC)CC(O)C2)C2(CC)CC(O)C2)C2(CC)CC(O)C2)CC(O)C1. The van der Waals surface area contributed by atoms with Gasteiger partial charge in [0.1, 0.15) is 0 Å². The fourth-order valence-electron chi connectivity index (χ4n) is 8.28. The molecule has 0 heterocycles. The molecule has 0 aliphatic heterocycles. The number of hydrogen-bond donors (Lipinski definition) is 4. The zero-order chi connectivity index (χ0) is 22.7. The van der Waals surface area contributed by atoms with Gasteiger partial charge in [-0.1, -0.05) is 27.7 Å². The van der Waals surface area contributed by atoms with Crippen LogP contribution in [0.3, 0.4) is 0 Å². The molecule has 0 unspecified atom stereocenters. The molecule has 0 bridgehead atoms. The highest BCUT2D eigenvalue weighted by Gasteiger charge is 2.65. The second kappa shape index (κ2) is 8.23. The Morgan fingerprint density at radius 2 is 0.710 bits per heavy atom. The fourth-order valence-corrected chi connectivity index (χ4v) is 8.28. The van der Waals surface area contributed by atoms with Gasteiger partial charge in [-0.05, 0) is 77.0 Å². The lowest BCUT2D eigenvalue weighted by Gasteiger charge is -2.66. The lowest BCUT2D eigenvalue weighted by atomic mass is 9.47. The molecule has 0 atom stereocenters. The molecule has 4 saturated carbocycles. The number of ether oxygens (including phenoxy) is 1. The first-order valence-corrected chi connectivity index (χ1v) is 13.0. The van der Waals surface area contributed by atoms with Crippen LogP contribution in [-0.2, 0) is 4.74 Å². The third kappa shape index (κ3) is 3.62. The summed E-state index contributed by atoms with van der Waals surface area (Å²) >= 11 is 0. The van der Waals surface area contributed by atoms with E-state index in [1.165, 1.54) is 0 Å². The van der Waals surface area contributed by atoms with Crippen molar-refractivity contribution in [3.63, 3.8) is 0 Å². The van der Waals surface area contributed by atoms with Crippen LogP contribution in [0.4, 0.5) is 0 Å². The topological polar surface area (TPSA) is 90.2 Å². The molecule has 4 N–H and O–H groups in total. The lowest BCUT2D eigenvalue weighted by Crippen LogP contribution is -2.67. The van der Waals surface area contributed by atoms with Gasteiger partial charge < -0.3 is 25.2 Å². The summed E-state index contributed by atoms with van der Waals surface area (Å²) in [6, 6.07) is 0. The Kier molecular flexibility index (Phi) is 6.36. The van der Waals surface area contributed by atoms with Gasteiger partial charge in [0.15, 0.2) is 0 Å². The third-order valence-electron chi connectivity index (χ3n) is 10.5. The molecule has 0 aromatic carbocycles. The molecule has 0 spiro atoms. The summed E-state index contributed by atoms with van der Waals surface area (Å²) in [5.41, 5.74) is -0.157. The normalized spacial score (nSPS) is 51.1. The first-order chi connectivity index (χ1) is 14.6. The van der Waals surface area contributed by atoms with Gasteiger partial charge in [0, 0.05) is 21.7 Å². The van der Waals surface area contributed by atoms with Crippen LogP contribution in [0.5, 0.6) is 0 Å². The zero-order valence-electron chi connectivity index (χ0n) is 20.1. The van der Waals surface area contributed by atoms with Gasteiger partial charge >= 0.3 is 0 Å². The maximum Gasteiger partial charge on any atom is 0.0695 e. The maximum atomic E-state index is 10.3. The Bertz CT molecular complexity index is 518. The van der Waals surface area contributed by atoms with Crippen LogP contribution in [0, 0.1) is 21.7 Å². The highest BCUT2D eigenvalue weighted by molar-refractivity contribution is 5.14. The van der Waals surface area contributed by atoms with E-state index in [9.17, 15) is 20.4 Å². The van der Waals surface area contributed by atoms with Crippen molar-refractivity contribution >= 4 is 0 Å². The monoisotopic (exact) mass is 438 g/mol. The van der Waals surface area contributed by atoms with E-state index in [-0.39, 0.29) is 58.3 Å². The second-order valence-electron chi connectivity index (χ2n) is 12.0. The van der Waals surface area contributed by atoms with Gasteiger partial charge in [0.25, 0.3) is 0 Å². The highest BCUT2D eigenvalue weighted by atomic mass is 16.5. The van der Waals surface area contributed by atoms with Crippen LogP contribution in [0.25, 0.3) is 0 Å². The lowest BCUT2D eigenvalue weighted by molar-refractivity contribution is -0.300. The molecule has 31 heavy (non-hydrogen) atoms. The summed E-state index contributed by atoms with van der Waals surface area (Å²) in [6.07, 6.45) is 9.16. The van der Waals surface area contributed by atoms with Crippen molar-refractivity contribution in [2.75, 3.05) is 0 Å². The summed E-state index contributed by atoms with van der Waals surface area (Å²) in [5, 5.41) is 41.2. The molecule has 0 aromatic rings. The number of rotatable bonds is 10. The molecular weight excluding hydrogens is 392 g/mol. The first kappa shape index (κ1) is 23.9. The van der Waals surface area contributed by atoms with Crippen LogP contribution in [0.15, 0.2) is 0 Å². The van der Waals surface area contributed by atoms with Gasteiger partial charge in [-0.15, -0.1) is 0 Å². The summed E-state index contributed by atoms with van der Waals surface area (Å²) < 4.78 is 7.39. The highest BCUT2D eigenvalue weighted by Crippen LogP contribution is 2.65. The summed E-state index contributed by atoms with van der Waals surface area (Å²) in [6.45, 7) is 8.89. The van der Waals surface area contributed by atoms with Gasteiger partial charge in [0.2, 0.25) is 0 Å². The Morgan fingerprint density at radius 1 is 0.516 bits per heavy atom. The minimum atomic E-state index is -0.250. The van der Waals surface area contributed by atoms with Crippen molar-refractivity contribution in [2.24, 2.45) is 21.7 Å². The largest absolute Gasteiger partial charge is 0.393 e. The van der Waals surface area contributed by atoms with Crippen molar-refractivity contribution < 1.29 is 25.2 Å². The minimum Gasteiger partial charge on any atom is -0.393 e. The van der Waals surface area contributed by atoms with E-state index in [0.29, 0.717) is 0 Å². The van der Waals surface area contributed by atoms with E-state index in [4.69, 9.17) is 4.74 Å². The number of aliphatic hydroxyl groups is 4. The molecule has 4 aliphatic rings. The molecule has 5 heteroatoms.